The molecule has 20 heavy (non-hydrogen) atoms. The highest BCUT2D eigenvalue weighted by molar-refractivity contribution is 5.91. The highest BCUT2D eigenvalue weighted by atomic mass is 19.1. The number of hydrogen-bond acceptors (Lipinski definition) is 3. The maximum atomic E-state index is 13.4. The molecule has 2 aromatic rings. The fourth-order valence-electron chi connectivity index (χ4n) is 2.52. The molecule has 0 atom stereocenters. The van der Waals surface area contributed by atoms with E-state index in [0.717, 1.165) is 16.6 Å². The van der Waals surface area contributed by atoms with Gasteiger partial charge in [-0.2, -0.15) is 0 Å². The fraction of sp³-hybridized carbons (Fsp3) is 0.286. The number of benzene rings is 1. The summed E-state index contributed by atoms with van der Waals surface area (Å²) in [4.78, 5) is 18.6. The van der Waals surface area contributed by atoms with Crippen LogP contribution in [0.2, 0.25) is 0 Å². The van der Waals surface area contributed by atoms with Crippen LogP contribution in [-0.2, 0) is 0 Å². The average molecular weight is 275 g/mol. The van der Waals surface area contributed by atoms with Gasteiger partial charge < -0.3 is 14.9 Å². The number of halogens is 1. The lowest BCUT2D eigenvalue weighted by molar-refractivity contribution is 0.142. The first-order valence-electron chi connectivity index (χ1n) is 6.42. The topological polar surface area (TPSA) is 56.7 Å². The second-order valence-corrected chi connectivity index (χ2v) is 4.75. The van der Waals surface area contributed by atoms with Crippen molar-refractivity contribution in [3.63, 3.8) is 0 Å². The van der Waals surface area contributed by atoms with Gasteiger partial charge in [-0.1, -0.05) is 0 Å². The molecule has 0 bridgehead atoms. The van der Waals surface area contributed by atoms with Gasteiger partial charge >= 0.3 is 6.09 Å². The molecule has 1 amide bonds. The highest BCUT2D eigenvalue weighted by Gasteiger charge is 2.21. The van der Waals surface area contributed by atoms with Gasteiger partial charge in [-0.25, -0.2) is 9.18 Å². The Labute approximate surface area is 115 Å². The Morgan fingerprint density at radius 2 is 1.95 bits per heavy atom. The molecule has 1 saturated heterocycles. The smallest absolute Gasteiger partial charge is 0.407 e. The van der Waals surface area contributed by atoms with Gasteiger partial charge in [-0.15, -0.1) is 0 Å². The minimum absolute atomic E-state index is 0.295. The van der Waals surface area contributed by atoms with Crippen molar-refractivity contribution in [1.82, 2.24) is 9.88 Å². The minimum Gasteiger partial charge on any atom is -0.465 e. The van der Waals surface area contributed by atoms with Crippen molar-refractivity contribution in [1.29, 1.82) is 0 Å². The summed E-state index contributed by atoms with van der Waals surface area (Å²) in [7, 11) is 0. The zero-order valence-electron chi connectivity index (χ0n) is 10.8. The third-order valence-electron chi connectivity index (χ3n) is 3.57. The van der Waals surface area contributed by atoms with Crippen molar-refractivity contribution < 1.29 is 14.3 Å². The van der Waals surface area contributed by atoms with Crippen LogP contribution in [0.15, 0.2) is 30.5 Å². The first kappa shape index (κ1) is 12.7. The van der Waals surface area contributed by atoms with Crippen molar-refractivity contribution in [2.75, 3.05) is 31.1 Å². The van der Waals surface area contributed by atoms with Gasteiger partial charge in [0, 0.05) is 43.4 Å². The van der Waals surface area contributed by atoms with Gasteiger partial charge in [-0.3, -0.25) is 4.98 Å². The maximum absolute atomic E-state index is 13.4. The van der Waals surface area contributed by atoms with E-state index in [2.05, 4.69) is 9.88 Å². The van der Waals surface area contributed by atoms with E-state index in [4.69, 9.17) is 5.11 Å². The highest BCUT2D eigenvalue weighted by Crippen LogP contribution is 2.26. The second kappa shape index (κ2) is 4.96. The molecule has 0 spiro atoms. The molecule has 0 unspecified atom stereocenters. The Bertz CT molecular complexity index is 654. The number of amides is 1. The number of piperazine rings is 1. The van der Waals surface area contributed by atoms with E-state index >= 15 is 0 Å². The first-order valence-corrected chi connectivity index (χ1v) is 6.42. The Kier molecular flexibility index (Phi) is 3.14. The van der Waals surface area contributed by atoms with Crippen molar-refractivity contribution in [3.05, 3.63) is 36.3 Å². The summed E-state index contributed by atoms with van der Waals surface area (Å²) in [6.45, 7) is 2.10. The molecule has 1 aromatic carbocycles. The third-order valence-corrected chi connectivity index (χ3v) is 3.57. The van der Waals surface area contributed by atoms with Crippen molar-refractivity contribution in [2.24, 2.45) is 0 Å². The molecular weight excluding hydrogens is 261 g/mol. The SMILES string of the molecule is O=C(O)N1CCN(c2ccnc3ccc(F)cc23)CC1. The second-order valence-electron chi connectivity index (χ2n) is 4.75. The number of carboxylic acid groups (broad SMARTS) is 1. The Morgan fingerprint density at radius 1 is 1.20 bits per heavy atom. The van der Waals surface area contributed by atoms with E-state index in [1.807, 2.05) is 6.07 Å². The van der Waals surface area contributed by atoms with Crippen molar-refractivity contribution in [3.8, 4) is 0 Å². The van der Waals surface area contributed by atoms with Crippen LogP contribution in [0.1, 0.15) is 0 Å². The first-order chi connectivity index (χ1) is 9.65. The molecule has 1 fully saturated rings. The number of carbonyl (C=O) groups is 1. The third kappa shape index (κ3) is 2.24. The van der Waals surface area contributed by atoms with Crippen LogP contribution >= 0.6 is 0 Å². The number of fused-ring (bicyclic) bond motifs is 1. The Morgan fingerprint density at radius 3 is 2.65 bits per heavy atom. The lowest BCUT2D eigenvalue weighted by Crippen LogP contribution is -2.48. The molecule has 6 heteroatoms. The van der Waals surface area contributed by atoms with Crippen LogP contribution in [0.3, 0.4) is 0 Å². The van der Waals surface area contributed by atoms with Crippen LogP contribution in [0.4, 0.5) is 14.9 Å². The monoisotopic (exact) mass is 275 g/mol. The fourth-order valence-corrected chi connectivity index (χ4v) is 2.52. The molecule has 3 rings (SSSR count). The molecule has 0 saturated carbocycles. The molecule has 5 nitrogen and oxygen atoms in total. The Balaban J connectivity index is 1.91. The van der Waals surface area contributed by atoms with Crippen LogP contribution in [0, 0.1) is 5.82 Å². The zero-order chi connectivity index (χ0) is 14.1. The van der Waals surface area contributed by atoms with Gasteiger partial charge in [0.2, 0.25) is 0 Å². The molecule has 104 valence electrons. The standard InChI is InChI=1S/C14H14FN3O2/c15-10-1-2-12-11(9-10)13(3-4-16-12)17-5-7-18(8-6-17)14(19)20/h1-4,9H,5-8H2,(H,19,20). The predicted molar refractivity (Wildman–Crippen MR) is 73.5 cm³/mol. The summed E-state index contributed by atoms with van der Waals surface area (Å²) >= 11 is 0. The largest absolute Gasteiger partial charge is 0.465 e. The number of anilines is 1. The van der Waals surface area contributed by atoms with Gasteiger partial charge in [-0.05, 0) is 24.3 Å². The summed E-state index contributed by atoms with van der Waals surface area (Å²) in [6, 6.07) is 6.36. The summed E-state index contributed by atoms with van der Waals surface area (Å²) < 4.78 is 13.4. The molecule has 1 N–H and O–H groups in total. The summed E-state index contributed by atoms with van der Waals surface area (Å²) in [5.41, 5.74) is 1.64. The molecule has 2 heterocycles. The number of hydrogen-bond donors (Lipinski definition) is 1. The molecule has 0 radical (unpaired) electrons. The van der Waals surface area contributed by atoms with Gasteiger partial charge in [0.05, 0.1) is 5.52 Å². The van der Waals surface area contributed by atoms with E-state index in [-0.39, 0.29) is 5.82 Å². The zero-order valence-corrected chi connectivity index (χ0v) is 10.8. The van der Waals surface area contributed by atoms with E-state index in [1.54, 1.807) is 12.3 Å². The number of nitrogens with zero attached hydrogens (tertiary/aromatic N) is 3. The lowest BCUT2D eigenvalue weighted by atomic mass is 10.1. The number of rotatable bonds is 1. The van der Waals surface area contributed by atoms with E-state index < -0.39 is 6.09 Å². The number of pyridine rings is 1. The van der Waals surface area contributed by atoms with E-state index in [0.29, 0.717) is 26.2 Å². The van der Waals surface area contributed by atoms with Gasteiger partial charge in [0.1, 0.15) is 5.82 Å². The maximum Gasteiger partial charge on any atom is 0.407 e. The molecule has 1 aromatic heterocycles. The van der Waals surface area contributed by atoms with Crippen LogP contribution in [-0.4, -0.2) is 47.3 Å². The molecule has 1 aliphatic heterocycles. The van der Waals surface area contributed by atoms with Crippen molar-refractivity contribution in [2.45, 2.75) is 0 Å². The average Bonchev–Trinajstić information content (AvgIpc) is 2.46. The Hall–Kier alpha value is -2.37. The van der Waals surface area contributed by atoms with Gasteiger partial charge in [0.15, 0.2) is 0 Å². The molecule has 1 aliphatic rings. The minimum atomic E-state index is -0.893. The summed E-state index contributed by atoms with van der Waals surface area (Å²) in [5, 5.41) is 9.71. The van der Waals surface area contributed by atoms with Crippen LogP contribution in [0.25, 0.3) is 10.9 Å². The van der Waals surface area contributed by atoms with Crippen LogP contribution in [0.5, 0.6) is 0 Å². The summed E-state index contributed by atoms with van der Waals surface area (Å²) in [6.07, 6.45) is 0.800. The van der Waals surface area contributed by atoms with Gasteiger partial charge in [0.25, 0.3) is 0 Å². The normalized spacial score (nSPS) is 15.7. The van der Waals surface area contributed by atoms with E-state index in [1.165, 1.54) is 17.0 Å². The molecular formula is C14H14FN3O2. The molecule has 0 aliphatic carbocycles. The predicted octanol–water partition coefficient (Wildman–Crippen LogP) is 2.17. The summed E-state index contributed by atoms with van der Waals surface area (Å²) in [5.74, 6) is -0.295. The number of aromatic nitrogens is 1. The van der Waals surface area contributed by atoms with E-state index in [9.17, 15) is 9.18 Å². The van der Waals surface area contributed by atoms with Crippen molar-refractivity contribution >= 4 is 22.7 Å². The lowest BCUT2D eigenvalue weighted by Gasteiger charge is -2.35. The van der Waals surface area contributed by atoms with Crippen LogP contribution < -0.4 is 4.90 Å². The quantitative estimate of drug-likeness (QED) is 0.866.